The van der Waals surface area contributed by atoms with E-state index in [1.807, 2.05) is 52.2 Å². The average Bonchev–Trinajstić information content (AvgIpc) is 3.37. The van der Waals surface area contributed by atoms with Gasteiger partial charge >= 0.3 is 5.97 Å². The van der Waals surface area contributed by atoms with Crippen LogP contribution in [-0.4, -0.2) is 39.1 Å². The molecule has 3 aromatic rings. The number of aromatic nitrogens is 3. The summed E-state index contributed by atoms with van der Waals surface area (Å²) < 4.78 is 7.39. The molecule has 7 nitrogen and oxygen atoms in total. The van der Waals surface area contributed by atoms with Crippen LogP contribution in [0.1, 0.15) is 29.6 Å². The van der Waals surface area contributed by atoms with Gasteiger partial charge in [0.2, 0.25) is 0 Å². The van der Waals surface area contributed by atoms with Crippen LogP contribution >= 0.6 is 0 Å². The number of aromatic carboxylic acids is 1. The summed E-state index contributed by atoms with van der Waals surface area (Å²) in [6, 6.07) is 11.2. The van der Waals surface area contributed by atoms with Crippen LogP contribution in [0.2, 0.25) is 0 Å². The number of carboxylic acids is 1. The first-order valence-corrected chi connectivity index (χ1v) is 9.23. The number of carboxylic acid groups (broad SMARTS) is 1. The first-order chi connectivity index (χ1) is 13.2. The Morgan fingerprint density at radius 2 is 1.96 bits per heavy atom. The molecule has 0 radical (unpaired) electrons. The molecule has 1 N–H and O–H groups in total. The van der Waals surface area contributed by atoms with E-state index in [-0.39, 0.29) is 5.56 Å². The molecule has 27 heavy (non-hydrogen) atoms. The van der Waals surface area contributed by atoms with Gasteiger partial charge in [-0.25, -0.2) is 4.79 Å². The third kappa shape index (κ3) is 3.72. The molecule has 0 unspecified atom stereocenters. The fraction of sp³-hybridized carbons (Fsp3) is 0.350. The van der Waals surface area contributed by atoms with Gasteiger partial charge in [0.25, 0.3) is 0 Å². The van der Waals surface area contributed by atoms with Crippen molar-refractivity contribution < 1.29 is 14.4 Å². The molecule has 3 heterocycles. The lowest BCUT2D eigenvalue weighted by Gasteiger charge is -2.32. The summed E-state index contributed by atoms with van der Waals surface area (Å²) in [6.07, 6.45) is 6.87. The first-order valence-electron chi connectivity index (χ1n) is 9.23. The fourth-order valence-electron chi connectivity index (χ4n) is 3.66. The Kier molecular flexibility index (Phi) is 4.91. The SMILES string of the molecule is O=C(O)c1c(N2CCC(CCn3cccn3)CC2)noc1-c1ccccc1. The molecule has 0 aliphatic carbocycles. The summed E-state index contributed by atoms with van der Waals surface area (Å²) in [5, 5.41) is 18.1. The molecule has 1 fully saturated rings. The van der Waals surface area contributed by atoms with Crippen molar-refractivity contribution in [3.63, 3.8) is 0 Å². The van der Waals surface area contributed by atoms with E-state index in [4.69, 9.17) is 4.52 Å². The second-order valence-electron chi connectivity index (χ2n) is 6.87. The molecule has 0 spiro atoms. The van der Waals surface area contributed by atoms with Crippen LogP contribution in [0.5, 0.6) is 0 Å². The second-order valence-corrected chi connectivity index (χ2v) is 6.87. The lowest BCUT2D eigenvalue weighted by atomic mass is 9.93. The van der Waals surface area contributed by atoms with Crippen molar-refractivity contribution in [2.45, 2.75) is 25.8 Å². The largest absolute Gasteiger partial charge is 0.477 e. The van der Waals surface area contributed by atoms with E-state index in [2.05, 4.69) is 10.3 Å². The van der Waals surface area contributed by atoms with Crippen LogP contribution in [0.4, 0.5) is 5.82 Å². The van der Waals surface area contributed by atoms with E-state index >= 15 is 0 Å². The van der Waals surface area contributed by atoms with Crippen molar-refractivity contribution in [1.82, 2.24) is 14.9 Å². The van der Waals surface area contributed by atoms with E-state index < -0.39 is 5.97 Å². The molecule has 0 bridgehead atoms. The zero-order chi connectivity index (χ0) is 18.6. The summed E-state index contributed by atoms with van der Waals surface area (Å²) in [6.45, 7) is 2.48. The van der Waals surface area contributed by atoms with Gasteiger partial charge in [0.1, 0.15) is 0 Å². The number of piperidine rings is 1. The number of rotatable bonds is 6. The summed E-state index contributed by atoms with van der Waals surface area (Å²) in [5.41, 5.74) is 0.874. The molecule has 140 valence electrons. The van der Waals surface area contributed by atoms with Crippen LogP contribution in [0.3, 0.4) is 0 Å². The van der Waals surface area contributed by atoms with Crippen LogP contribution in [-0.2, 0) is 6.54 Å². The minimum absolute atomic E-state index is 0.149. The number of carbonyl (C=O) groups is 1. The Labute approximate surface area is 157 Å². The second kappa shape index (κ2) is 7.65. The monoisotopic (exact) mass is 366 g/mol. The highest BCUT2D eigenvalue weighted by Gasteiger charge is 2.29. The van der Waals surface area contributed by atoms with Gasteiger partial charge in [0.15, 0.2) is 17.1 Å². The lowest BCUT2D eigenvalue weighted by molar-refractivity contribution is 0.0697. The van der Waals surface area contributed by atoms with Crippen molar-refractivity contribution in [3.8, 4) is 11.3 Å². The number of hydrogen-bond donors (Lipinski definition) is 1. The number of hydrogen-bond acceptors (Lipinski definition) is 5. The van der Waals surface area contributed by atoms with Gasteiger partial charge < -0.3 is 14.5 Å². The first kappa shape index (κ1) is 17.3. The molecule has 0 atom stereocenters. The molecule has 0 amide bonds. The molecule has 1 saturated heterocycles. The van der Waals surface area contributed by atoms with Gasteiger partial charge in [-0.05, 0) is 31.2 Å². The zero-order valence-corrected chi connectivity index (χ0v) is 15.0. The van der Waals surface area contributed by atoms with Gasteiger partial charge in [-0.15, -0.1) is 0 Å². The van der Waals surface area contributed by atoms with Crippen molar-refractivity contribution in [2.75, 3.05) is 18.0 Å². The van der Waals surface area contributed by atoms with Gasteiger partial charge in [0, 0.05) is 37.6 Å². The van der Waals surface area contributed by atoms with Crippen LogP contribution in [0, 0.1) is 5.92 Å². The zero-order valence-electron chi connectivity index (χ0n) is 15.0. The van der Waals surface area contributed by atoms with Gasteiger partial charge in [-0.1, -0.05) is 35.5 Å². The molecule has 1 aliphatic heterocycles. The minimum atomic E-state index is -1.01. The summed E-state index contributed by atoms with van der Waals surface area (Å²) in [4.78, 5) is 13.9. The maximum Gasteiger partial charge on any atom is 0.343 e. The molecule has 2 aromatic heterocycles. The molecule has 0 saturated carbocycles. The third-order valence-electron chi connectivity index (χ3n) is 5.16. The molecular weight excluding hydrogens is 344 g/mol. The number of benzene rings is 1. The fourth-order valence-corrected chi connectivity index (χ4v) is 3.66. The summed E-state index contributed by atoms with van der Waals surface area (Å²) >= 11 is 0. The van der Waals surface area contributed by atoms with Crippen LogP contribution in [0.15, 0.2) is 53.3 Å². The molecule has 7 heteroatoms. The molecule has 1 aromatic carbocycles. The quantitative estimate of drug-likeness (QED) is 0.718. The highest BCUT2D eigenvalue weighted by molar-refractivity contribution is 5.99. The van der Waals surface area contributed by atoms with E-state index in [1.165, 1.54) is 0 Å². The van der Waals surface area contributed by atoms with E-state index in [9.17, 15) is 9.90 Å². The van der Waals surface area contributed by atoms with Crippen molar-refractivity contribution in [2.24, 2.45) is 5.92 Å². The van der Waals surface area contributed by atoms with E-state index in [0.29, 0.717) is 17.5 Å². The summed E-state index contributed by atoms with van der Waals surface area (Å²) in [5.74, 6) is 0.357. The van der Waals surface area contributed by atoms with Crippen molar-refractivity contribution in [3.05, 3.63) is 54.4 Å². The summed E-state index contributed by atoms with van der Waals surface area (Å²) in [7, 11) is 0. The normalized spacial score (nSPS) is 15.2. The van der Waals surface area contributed by atoms with Gasteiger partial charge in [-0.3, -0.25) is 4.68 Å². The standard InChI is InChI=1S/C20H22N4O3/c25-20(26)17-18(16-5-2-1-3-6-16)27-22-19(17)23-12-7-15(8-13-23)9-14-24-11-4-10-21-24/h1-6,10-11,15H,7-9,12-14H2,(H,25,26). The average molecular weight is 366 g/mol. The van der Waals surface area contributed by atoms with Crippen molar-refractivity contribution >= 4 is 11.8 Å². The molecular formula is C20H22N4O3. The third-order valence-corrected chi connectivity index (χ3v) is 5.16. The predicted molar refractivity (Wildman–Crippen MR) is 101 cm³/mol. The number of nitrogens with zero attached hydrogens (tertiary/aromatic N) is 4. The maximum absolute atomic E-state index is 11.9. The Hall–Kier alpha value is -3.09. The van der Waals surface area contributed by atoms with Crippen molar-refractivity contribution in [1.29, 1.82) is 0 Å². The van der Waals surface area contributed by atoms with E-state index in [0.717, 1.165) is 44.5 Å². The van der Waals surface area contributed by atoms with Crippen LogP contribution < -0.4 is 4.90 Å². The Morgan fingerprint density at radius 3 is 2.63 bits per heavy atom. The smallest absolute Gasteiger partial charge is 0.343 e. The Morgan fingerprint density at radius 1 is 1.19 bits per heavy atom. The highest BCUT2D eigenvalue weighted by Crippen LogP contribution is 2.33. The highest BCUT2D eigenvalue weighted by atomic mass is 16.5. The Balaban J connectivity index is 1.45. The molecule has 4 rings (SSSR count). The maximum atomic E-state index is 11.9. The van der Waals surface area contributed by atoms with Gasteiger partial charge in [0.05, 0.1) is 0 Å². The number of anilines is 1. The minimum Gasteiger partial charge on any atom is -0.477 e. The molecule has 1 aliphatic rings. The van der Waals surface area contributed by atoms with Gasteiger partial charge in [-0.2, -0.15) is 5.10 Å². The Bertz CT molecular complexity index is 881. The van der Waals surface area contributed by atoms with E-state index in [1.54, 1.807) is 6.20 Å². The topological polar surface area (TPSA) is 84.4 Å². The predicted octanol–water partition coefficient (Wildman–Crippen LogP) is 3.54. The number of aryl methyl sites for hydroxylation is 1. The van der Waals surface area contributed by atoms with Crippen LogP contribution in [0.25, 0.3) is 11.3 Å². The lowest BCUT2D eigenvalue weighted by Crippen LogP contribution is -2.35.